The molecule has 4 aromatic rings. The van der Waals surface area contributed by atoms with Gasteiger partial charge in [-0.25, -0.2) is 4.79 Å². The zero-order valence-electron chi connectivity index (χ0n) is 18.3. The zero-order valence-corrected chi connectivity index (χ0v) is 18.3. The molecule has 2 heterocycles. The molecule has 5 rings (SSSR count). The highest BCUT2D eigenvalue weighted by Gasteiger charge is 2.29. The van der Waals surface area contributed by atoms with E-state index in [1.165, 1.54) is 5.39 Å². The van der Waals surface area contributed by atoms with E-state index in [1.807, 2.05) is 52.9 Å². The van der Waals surface area contributed by atoms with Crippen molar-refractivity contribution in [2.75, 3.05) is 13.1 Å². The van der Waals surface area contributed by atoms with Crippen LogP contribution in [0.4, 0.5) is 0 Å². The summed E-state index contributed by atoms with van der Waals surface area (Å²) >= 11 is 0. The Morgan fingerprint density at radius 2 is 1.62 bits per heavy atom. The molecule has 1 amide bonds. The quantitative estimate of drug-likeness (QED) is 0.542. The monoisotopic (exact) mass is 428 g/mol. The second-order valence-electron chi connectivity index (χ2n) is 8.75. The van der Waals surface area contributed by atoms with Gasteiger partial charge >= 0.3 is 5.69 Å². The fourth-order valence-electron chi connectivity index (χ4n) is 4.96. The van der Waals surface area contributed by atoms with Gasteiger partial charge in [-0.05, 0) is 47.7 Å². The Balaban J connectivity index is 1.26. The number of nitrogens with zero attached hydrogens (tertiary/aromatic N) is 3. The van der Waals surface area contributed by atoms with Crippen LogP contribution in [0.3, 0.4) is 0 Å². The van der Waals surface area contributed by atoms with Gasteiger partial charge in [0, 0.05) is 26.2 Å². The minimum Gasteiger partial charge on any atom is -0.341 e. The van der Waals surface area contributed by atoms with Crippen LogP contribution in [0.2, 0.25) is 0 Å². The molecule has 1 aromatic heterocycles. The average molecular weight is 429 g/mol. The number of benzene rings is 3. The lowest BCUT2D eigenvalue weighted by Gasteiger charge is -2.34. The molecule has 6 heteroatoms. The van der Waals surface area contributed by atoms with Crippen molar-refractivity contribution in [2.45, 2.75) is 31.3 Å². The Bertz CT molecular complexity index is 1340. The van der Waals surface area contributed by atoms with Gasteiger partial charge in [0.05, 0.1) is 17.1 Å². The molecule has 2 N–H and O–H groups in total. The topological polar surface area (TPSA) is 73.3 Å². The molecule has 32 heavy (non-hydrogen) atoms. The Hall–Kier alpha value is -3.38. The molecule has 3 aromatic carbocycles. The number of aryl methyl sites for hydroxylation is 1. The van der Waals surface area contributed by atoms with Crippen LogP contribution in [-0.2, 0) is 18.3 Å². The van der Waals surface area contributed by atoms with E-state index in [-0.39, 0.29) is 17.6 Å². The zero-order chi connectivity index (χ0) is 22.2. The van der Waals surface area contributed by atoms with Crippen molar-refractivity contribution in [2.24, 2.45) is 12.8 Å². The molecule has 0 saturated carbocycles. The van der Waals surface area contributed by atoms with Crippen molar-refractivity contribution >= 4 is 27.7 Å². The van der Waals surface area contributed by atoms with Crippen molar-refractivity contribution in [1.29, 1.82) is 0 Å². The third-order valence-corrected chi connectivity index (χ3v) is 6.72. The number of aromatic nitrogens is 2. The van der Waals surface area contributed by atoms with Crippen LogP contribution in [0.25, 0.3) is 21.8 Å². The van der Waals surface area contributed by atoms with Crippen molar-refractivity contribution < 1.29 is 4.79 Å². The Kier molecular flexibility index (Phi) is 5.31. The van der Waals surface area contributed by atoms with E-state index in [4.69, 9.17) is 5.73 Å². The number of carbonyl (C=O) groups excluding carboxylic acids is 1. The molecule has 1 fully saturated rings. The van der Waals surface area contributed by atoms with Gasteiger partial charge in [-0.2, -0.15) is 0 Å². The predicted molar refractivity (Wildman–Crippen MR) is 128 cm³/mol. The first-order valence-electron chi connectivity index (χ1n) is 11.2. The number of para-hydroxylation sites is 2. The lowest BCUT2D eigenvalue weighted by Crippen LogP contribution is -2.48. The van der Waals surface area contributed by atoms with E-state index in [1.54, 1.807) is 4.57 Å². The van der Waals surface area contributed by atoms with Gasteiger partial charge in [0.1, 0.15) is 0 Å². The number of hydrogen-bond donors (Lipinski definition) is 1. The number of likely N-dealkylation sites (tertiary alicyclic amines) is 1. The Morgan fingerprint density at radius 1 is 0.969 bits per heavy atom. The first-order valence-corrected chi connectivity index (χ1v) is 11.2. The fraction of sp³-hybridized carbons (Fsp3) is 0.308. The first-order chi connectivity index (χ1) is 15.5. The maximum atomic E-state index is 13.0. The summed E-state index contributed by atoms with van der Waals surface area (Å²) in [6, 6.07) is 21.8. The van der Waals surface area contributed by atoms with Gasteiger partial charge in [-0.1, -0.05) is 54.6 Å². The summed E-state index contributed by atoms with van der Waals surface area (Å²) in [4.78, 5) is 27.7. The van der Waals surface area contributed by atoms with E-state index in [9.17, 15) is 9.59 Å². The number of imidazole rings is 1. The normalized spacial score (nSPS) is 16.0. The third-order valence-electron chi connectivity index (χ3n) is 6.72. The molecule has 1 unspecified atom stereocenters. The van der Waals surface area contributed by atoms with Gasteiger partial charge < -0.3 is 10.6 Å². The molecule has 1 aliphatic heterocycles. The van der Waals surface area contributed by atoms with Crippen LogP contribution in [0.5, 0.6) is 0 Å². The first kappa shape index (κ1) is 20.5. The Morgan fingerprint density at radius 3 is 2.38 bits per heavy atom. The minimum absolute atomic E-state index is 0.00369. The van der Waals surface area contributed by atoms with Crippen molar-refractivity contribution in [1.82, 2.24) is 14.0 Å². The van der Waals surface area contributed by atoms with Crippen molar-refractivity contribution in [3.8, 4) is 0 Å². The number of hydrogen-bond acceptors (Lipinski definition) is 3. The number of fused-ring (bicyclic) bond motifs is 2. The number of nitrogens with two attached hydrogens (primary N) is 1. The maximum Gasteiger partial charge on any atom is 0.329 e. The van der Waals surface area contributed by atoms with E-state index in [0.717, 1.165) is 34.8 Å². The highest BCUT2D eigenvalue weighted by atomic mass is 16.2. The van der Waals surface area contributed by atoms with Crippen LogP contribution in [0.1, 0.15) is 24.4 Å². The summed E-state index contributed by atoms with van der Waals surface area (Å²) in [5.74, 6) is -0.0122. The lowest BCUT2D eigenvalue weighted by molar-refractivity contribution is -0.133. The van der Waals surface area contributed by atoms with E-state index in [0.29, 0.717) is 19.5 Å². The summed E-state index contributed by atoms with van der Waals surface area (Å²) < 4.78 is 3.60. The van der Waals surface area contributed by atoms with Gasteiger partial charge in [0.25, 0.3) is 0 Å². The largest absolute Gasteiger partial charge is 0.341 e. The molecule has 0 radical (unpaired) electrons. The van der Waals surface area contributed by atoms with Crippen LogP contribution < -0.4 is 11.4 Å². The molecule has 1 saturated heterocycles. The van der Waals surface area contributed by atoms with Gasteiger partial charge in [0.15, 0.2) is 0 Å². The summed E-state index contributed by atoms with van der Waals surface area (Å²) in [5, 5.41) is 2.34. The smallest absolute Gasteiger partial charge is 0.329 e. The second-order valence-corrected chi connectivity index (χ2v) is 8.75. The van der Waals surface area contributed by atoms with Crippen LogP contribution in [-0.4, -0.2) is 39.1 Å². The van der Waals surface area contributed by atoms with E-state index in [2.05, 4.69) is 30.3 Å². The molecule has 1 aliphatic rings. The number of amides is 1. The molecular weight excluding hydrogens is 400 g/mol. The van der Waals surface area contributed by atoms with Crippen LogP contribution >= 0.6 is 0 Å². The molecular formula is C26H28N4O2. The summed E-state index contributed by atoms with van der Waals surface area (Å²) in [6.45, 7) is 1.23. The standard InChI is InChI=1S/C26H28N4O2/c1-28-23-8-4-5-9-24(23)30(26(28)32)21-12-14-29(15-13-21)25(31)22(27)17-18-10-11-19-6-2-3-7-20(19)16-18/h2-11,16,21-22H,12-15,17,27H2,1H3. The average Bonchev–Trinajstić information content (AvgIpc) is 3.08. The minimum atomic E-state index is -0.562. The molecule has 1 atom stereocenters. The fourth-order valence-corrected chi connectivity index (χ4v) is 4.96. The molecule has 0 spiro atoms. The summed E-state index contributed by atoms with van der Waals surface area (Å²) in [7, 11) is 1.81. The SMILES string of the molecule is Cn1c(=O)n(C2CCN(C(=O)C(N)Cc3ccc4ccccc4c3)CC2)c2ccccc21. The summed E-state index contributed by atoms with van der Waals surface area (Å²) in [5.41, 5.74) is 9.29. The van der Waals surface area contributed by atoms with E-state index >= 15 is 0 Å². The molecule has 6 nitrogen and oxygen atoms in total. The number of piperidine rings is 1. The predicted octanol–water partition coefficient (Wildman–Crippen LogP) is 3.23. The van der Waals surface area contributed by atoms with E-state index < -0.39 is 6.04 Å². The lowest BCUT2D eigenvalue weighted by atomic mass is 9.99. The number of carbonyl (C=O) groups is 1. The van der Waals surface area contributed by atoms with Gasteiger partial charge in [0.2, 0.25) is 5.91 Å². The van der Waals surface area contributed by atoms with Crippen LogP contribution in [0.15, 0.2) is 71.5 Å². The second kappa shape index (κ2) is 8.28. The molecule has 164 valence electrons. The highest BCUT2D eigenvalue weighted by molar-refractivity contribution is 5.84. The maximum absolute atomic E-state index is 13.0. The Labute approximate surface area is 186 Å². The summed E-state index contributed by atoms with van der Waals surface area (Å²) in [6.07, 6.45) is 2.02. The molecule has 0 bridgehead atoms. The van der Waals surface area contributed by atoms with Crippen LogP contribution in [0, 0.1) is 0 Å². The van der Waals surface area contributed by atoms with Gasteiger partial charge in [-0.15, -0.1) is 0 Å². The number of rotatable bonds is 4. The highest BCUT2D eigenvalue weighted by Crippen LogP contribution is 2.26. The molecule has 0 aliphatic carbocycles. The van der Waals surface area contributed by atoms with Gasteiger partial charge in [-0.3, -0.25) is 13.9 Å². The van der Waals surface area contributed by atoms with Crippen molar-refractivity contribution in [3.63, 3.8) is 0 Å². The third kappa shape index (κ3) is 3.60. The van der Waals surface area contributed by atoms with Crippen molar-refractivity contribution in [3.05, 3.63) is 82.8 Å².